The standard InChI is InChI=1S/C23H32O5/c1-14(2)13-27-21(25)28-20-7-6-18-17-5-4-15-12-16(24)8-11-23(15,26)19(17)9-10-22(18,20)3/h8,11-12,14,17-20,26H,4-7,9-10,13H2,1-3H3. The first-order valence-corrected chi connectivity index (χ1v) is 10.7. The fourth-order valence-electron chi connectivity index (χ4n) is 6.37. The highest BCUT2D eigenvalue weighted by Crippen LogP contribution is 2.62. The van der Waals surface area contributed by atoms with Crippen molar-refractivity contribution in [2.75, 3.05) is 6.61 Å². The summed E-state index contributed by atoms with van der Waals surface area (Å²) in [5.41, 5.74) is -0.162. The molecule has 6 unspecified atom stereocenters. The van der Waals surface area contributed by atoms with Gasteiger partial charge in [-0.2, -0.15) is 0 Å². The van der Waals surface area contributed by atoms with Gasteiger partial charge in [-0.05, 0) is 86.0 Å². The van der Waals surface area contributed by atoms with Crippen LogP contribution in [0.2, 0.25) is 0 Å². The maximum atomic E-state index is 12.1. The van der Waals surface area contributed by atoms with Crippen molar-refractivity contribution in [1.82, 2.24) is 0 Å². The summed E-state index contributed by atoms with van der Waals surface area (Å²) in [7, 11) is 0. The predicted molar refractivity (Wildman–Crippen MR) is 105 cm³/mol. The minimum Gasteiger partial charge on any atom is -0.434 e. The van der Waals surface area contributed by atoms with Gasteiger partial charge in [0, 0.05) is 5.41 Å². The van der Waals surface area contributed by atoms with Gasteiger partial charge in [0.1, 0.15) is 11.7 Å². The van der Waals surface area contributed by atoms with Gasteiger partial charge in [-0.3, -0.25) is 4.79 Å². The summed E-state index contributed by atoms with van der Waals surface area (Å²) in [6, 6.07) is 0. The van der Waals surface area contributed by atoms with E-state index in [0.29, 0.717) is 18.4 Å². The molecule has 4 aliphatic carbocycles. The number of hydrogen-bond acceptors (Lipinski definition) is 5. The number of fused-ring (bicyclic) bond motifs is 5. The quantitative estimate of drug-likeness (QED) is 0.734. The van der Waals surface area contributed by atoms with Gasteiger partial charge in [-0.15, -0.1) is 0 Å². The van der Waals surface area contributed by atoms with Crippen LogP contribution in [0.1, 0.15) is 59.3 Å². The summed E-state index contributed by atoms with van der Waals surface area (Å²) in [5.74, 6) is 1.22. The van der Waals surface area contributed by atoms with Crippen LogP contribution in [0, 0.1) is 29.1 Å². The summed E-state index contributed by atoms with van der Waals surface area (Å²) in [6.45, 7) is 6.64. The third kappa shape index (κ3) is 3.12. The zero-order valence-electron chi connectivity index (χ0n) is 17.1. The number of carbonyl (C=O) groups excluding carboxylic acids is 2. The van der Waals surface area contributed by atoms with E-state index < -0.39 is 11.8 Å². The van der Waals surface area contributed by atoms with E-state index in [1.54, 1.807) is 12.2 Å². The second kappa shape index (κ2) is 7.01. The highest BCUT2D eigenvalue weighted by atomic mass is 16.7. The highest BCUT2D eigenvalue weighted by Gasteiger charge is 2.60. The number of rotatable bonds is 3. The zero-order valence-corrected chi connectivity index (χ0v) is 17.1. The molecule has 0 aromatic rings. The van der Waals surface area contributed by atoms with Crippen LogP contribution in [0.5, 0.6) is 0 Å². The van der Waals surface area contributed by atoms with E-state index in [-0.39, 0.29) is 29.1 Å². The van der Waals surface area contributed by atoms with Crippen LogP contribution in [-0.2, 0) is 14.3 Å². The van der Waals surface area contributed by atoms with E-state index in [4.69, 9.17) is 9.47 Å². The Morgan fingerprint density at radius 1 is 1.25 bits per heavy atom. The van der Waals surface area contributed by atoms with Crippen molar-refractivity contribution in [3.05, 3.63) is 23.8 Å². The van der Waals surface area contributed by atoms with Crippen molar-refractivity contribution in [3.63, 3.8) is 0 Å². The average Bonchev–Trinajstić information content (AvgIpc) is 2.97. The molecule has 3 fully saturated rings. The van der Waals surface area contributed by atoms with Gasteiger partial charge in [0.05, 0.1) is 6.61 Å². The normalized spacial score (nSPS) is 41.8. The fraction of sp³-hybridized carbons (Fsp3) is 0.739. The Kier molecular flexibility index (Phi) is 4.93. The van der Waals surface area contributed by atoms with E-state index in [1.165, 1.54) is 6.08 Å². The maximum absolute atomic E-state index is 12.1. The summed E-state index contributed by atoms with van der Waals surface area (Å²) in [6.07, 6.45) is 9.64. The van der Waals surface area contributed by atoms with E-state index in [0.717, 1.165) is 44.1 Å². The monoisotopic (exact) mass is 388 g/mol. The third-order valence-electron chi connectivity index (χ3n) is 7.77. The molecule has 5 heteroatoms. The molecule has 4 aliphatic rings. The number of hydrogen-bond donors (Lipinski definition) is 1. The molecule has 0 amide bonds. The number of allylic oxidation sites excluding steroid dienone is 2. The van der Waals surface area contributed by atoms with Crippen molar-refractivity contribution < 1.29 is 24.2 Å². The van der Waals surface area contributed by atoms with Crippen LogP contribution >= 0.6 is 0 Å². The number of aliphatic hydroxyl groups is 1. The Bertz CT molecular complexity index is 723. The van der Waals surface area contributed by atoms with Crippen LogP contribution in [0.4, 0.5) is 4.79 Å². The summed E-state index contributed by atoms with van der Waals surface area (Å²) < 4.78 is 11.0. The third-order valence-corrected chi connectivity index (χ3v) is 7.77. The van der Waals surface area contributed by atoms with Crippen LogP contribution in [-0.4, -0.2) is 35.4 Å². The van der Waals surface area contributed by atoms with Crippen molar-refractivity contribution in [3.8, 4) is 0 Å². The molecule has 0 heterocycles. The van der Waals surface area contributed by atoms with Crippen LogP contribution < -0.4 is 0 Å². The van der Waals surface area contributed by atoms with Crippen molar-refractivity contribution in [1.29, 1.82) is 0 Å². The molecular weight excluding hydrogens is 356 g/mol. The molecule has 0 saturated heterocycles. The van der Waals surface area contributed by atoms with Gasteiger partial charge in [0.2, 0.25) is 0 Å². The molecule has 0 aromatic heterocycles. The molecule has 0 bridgehead atoms. The van der Waals surface area contributed by atoms with E-state index in [1.807, 2.05) is 13.8 Å². The minimum atomic E-state index is -0.979. The van der Waals surface area contributed by atoms with Crippen LogP contribution in [0.3, 0.4) is 0 Å². The summed E-state index contributed by atoms with van der Waals surface area (Å²) >= 11 is 0. The number of carbonyl (C=O) groups is 2. The van der Waals surface area contributed by atoms with E-state index in [9.17, 15) is 14.7 Å². The SMILES string of the molecule is CC(C)COC(=O)OC1CCC2C3CCC4=CC(=O)C=CC4(O)C3CCC12C. The molecule has 5 nitrogen and oxygen atoms in total. The average molecular weight is 389 g/mol. The lowest BCUT2D eigenvalue weighted by Gasteiger charge is -2.55. The molecule has 4 rings (SSSR count). The Balaban J connectivity index is 1.49. The molecule has 0 spiro atoms. The van der Waals surface area contributed by atoms with Gasteiger partial charge in [0.15, 0.2) is 5.78 Å². The molecule has 0 radical (unpaired) electrons. The van der Waals surface area contributed by atoms with Crippen LogP contribution in [0.25, 0.3) is 0 Å². The molecule has 1 N–H and O–H groups in total. The first-order valence-electron chi connectivity index (χ1n) is 10.7. The Morgan fingerprint density at radius 2 is 2.04 bits per heavy atom. The van der Waals surface area contributed by atoms with Gasteiger partial charge in [-0.25, -0.2) is 4.79 Å². The summed E-state index contributed by atoms with van der Waals surface area (Å²) in [4.78, 5) is 23.9. The molecule has 0 aromatic carbocycles. The van der Waals surface area contributed by atoms with Crippen molar-refractivity contribution in [2.24, 2.45) is 29.1 Å². The van der Waals surface area contributed by atoms with Gasteiger partial charge in [0.25, 0.3) is 0 Å². The van der Waals surface area contributed by atoms with Crippen molar-refractivity contribution >= 4 is 11.9 Å². The maximum Gasteiger partial charge on any atom is 0.508 e. The minimum absolute atomic E-state index is 0.0204. The van der Waals surface area contributed by atoms with Crippen LogP contribution in [0.15, 0.2) is 23.8 Å². The molecule has 28 heavy (non-hydrogen) atoms. The fourth-order valence-corrected chi connectivity index (χ4v) is 6.37. The topological polar surface area (TPSA) is 72.8 Å². The largest absolute Gasteiger partial charge is 0.508 e. The molecule has 154 valence electrons. The van der Waals surface area contributed by atoms with E-state index >= 15 is 0 Å². The second-order valence-corrected chi connectivity index (χ2v) is 9.83. The highest BCUT2D eigenvalue weighted by molar-refractivity contribution is 6.01. The first-order chi connectivity index (χ1) is 13.2. The molecular formula is C23H32O5. The van der Waals surface area contributed by atoms with Crippen molar-refractivity contribution in [2.45, 2.75) is 71.0 Å². The Labute approximate surface area is 167 Å². The number of ketones is 1. The van der Waals surface area contributed by atoms with Gasteiger partial charge >= 0.3 is 6.16 Å². The second-order valence-electron chi connectivity index (χ2n) is 9.83. The summed E-state index contributed by atoms with van der Waals surface area (Å²) in [5, 5.41) is 11.4. The zero-order chi connectivity index (χ0) is 20.1. The molecule has 0 aliphatic heterocycles. The Hall–Kier alpha value is -1.62. The smallest absolute Gasteiger partial charge is 0.434 e. The lowest BCUT2D eigenvalue weighted by atomic mass is 9.51. The number of ether oxygens (including phenoxy) is 2. The molecule has 3 saturated carbocycles. The lowest BCUT2D eigenvalue weighted by molar-refractivity contribution is -0.113. The van der Waals surface area contributed by atoms with Gasteiger partial charge in [-0.1, -0.05) is 20.8 Å². The van der Waals surface area contributed by atoms with Gasteiger partial charge < -0.3 is 14.6 Å². The van der Waals surface area contributed by atoms with E-state index in [2.05, 4.69) is 6.92 Å². The lowest BCUT2D eigenvalue weighted by Crippen LogP contribution is -2.54. The first kappa shape index (κ1) is 19.7. The Morgan fingerprint density at radius 3 is 2.79 bits per heavy atom. The predicted octanol–water partition coefficient (Wildman–Crippen LogP) is 4.20. The molecule has 6 atom stereocenters.